The van der Waals surface area contributed by atoms with Gasteiger partial charge in [0.2, 0.25) is 0 Å². The highest BCUT2D eigenvalue weighted by molar-refractivity contribution is 7.98. The third kappa shape index (κ3) is 3.43. The fourth-order valence-corrected chi connectivity index (χ4v) is 3.00. The molecule has 1 aromatic heterocycles. The maximum absolute atomic E-state index is 5.90. The molecule has 0 saturated heterocycles. The van der Waals surface area contributed by atoms with Crippen LogP contribution in [0.4, 0.5) is 0 Å². The standard InChI is InChI=1S/C16H14ClN3OS/c1-21-15-4-2-3-14(9-15)20-11-18-19-16(20)22-10-12-5-7-13(17)8-6-12/h2-9,11H,10H2,1H3. The van der Waals surface area contributed by atoms with Crippen LogP contribution in [0.25, 0.3) is 5.69 Å². The van der Waals surface area contributed by atoms with Gasteiger partial charge in [0.25, 0.3) is 0 Å². The summed E-state index contributed by atoms with van der Waals surface area (Å²) in [5, 5.41) is 9.78. The van der Waals surface area contributed by atoms with Crippen molar-refractivity contribution in [3.05, 3.63) is 65.4 Å². The molecule has 112 valence electrons. The lowest BCUT2D eigenvalue weighted by molar-refractivity contribution is 0.414. The molecular weight excluding hydrogens is 318 g/mol. The lowest BCUT2D eigenvalue weighted by Gasteiger charge is -2.08. The average Bonchev–Trinajstić information content (AvgIpc) is 3.03. The number of ether oxygens (including phenoxy) is 1. The molecule has 0 amide bonds. The molecule has 0 aliphatic heterocycles. The summed E-state index contributed by atoms with van der Waals surface area (Å²) in [6.45, 7) is 0. The summed E-state index contributed by atoms with van der Waals surface area (Å²) >= 11 is 7.53. The molecule has 3 rings (SSSR count). The lowest BCUT2D eigenvalue weighted by Crippen LogP contribution is -1.96. The zero-order valence-electron chi connectivity index (χ0n) is 11.9. The van der Waals surface area contributed by atoms with E-state index in [1.807, 2.05) is 53.1 Å². The molecule has 1 heterocycles. The highest BCUT2D eigenvalue weighted by Crippen LogP contribution is 2.25. The van der Waals surface area contributed by atoms with Crippen LogP contribution in [0.1, 0.15) is 5.56 Å². The normalized spacial score (nSPS) is 10.6. The van der Waals surface area contributed by atoms with Crippen molar-refractivity contribution in [2.75, 3.05) is 7.11 Å². The van der Waals surface area contributed by atoms with Crippen LogP contribution in [0.5, 0.6) is 5.75 Å². The number of thioether (sulfide) groups is 1. The minimum Gasteiger partial charge on any atom is -0.497 e. The second-order valence-corrected chi connectivity index (χ2v) is 5.98. The summed E-state index contributed by atoms with van der Waals surface area (Å²) in [5.74, 6) is 1.61. The Labute approximate surface area is 138 Å². The first kappa shape index (κ1) is 14.9. The van der Waals surface area contributed by atoms with Crippen LogP contribution in [0, 0.1) is 0 Å². The van der Waals surface area contributed by atoms with Gasteiger partial charge in [-0.15, -0.1) is 10.2 Å². The molecule has 0 bridgehead atoms. The van der Waals surface area contributed by atoms with Crippen LogP contribution in [0.2, 0.25) is 5.02 Å². The maximum Gasteiger partial charge on any atom is 0.195 e. The second kappa shape index (κ2) is 6.85. The fraction of sp³-hybridized carbons (Fsp3) is 0.125. The number of benzene rings is 2. The van der Waals surface area contributed by atoms with Crippen LogP contribution in [0.3, 0.4) is 0 Å². The van der Waals surface area contributed by atoms with Gasteiger partial charge < -0.3 is 4.74 Å². The Morgan fingerprint density at radius 1 is 1.18 bits per heavy atom. The van der Waals surface area contributed by atoms with Gasteiger partial charge in [0, 0.05) is 16.8 Å². The summed E-state index contributed by atoms with van der Waals surface area (Å²) in [6.07, 6.45) is 1.71. The lowest BCUT2D eigenvalue weighted by atomic mass is 10.2. The van der Waals surface area contributed by atoms with Gasteiger partial charge in [-0.3, -0.25) is 4.57 Å². The molecule has 4 nitrogen and oxygen atoms in total. The van der Waals surface area contributed by atoms with E-state index >= 15 is 0 Å². The predicted molar refractivity (Wildman–Crippen MR) is 88.9 cm³/mol. The molecule has 0 aliphatic rings. The SMILES string of the molecule is COc1cccc(-n2cnnc2SCc2ccc(Cl)cc2)c1. The molecule has 0 unspecified atom stereocenters. The van der Waals surface area contributed by atoms with Crippen LogP contribution in [-0.4, -0.2) is 21.9 Å². The van der Waals surface area contributed by atoms with E-state index in [1.54, 1.807) is 25.2 Å². The largest absolute Gasteiger partial charge is 0.497 e. The average molecular weight is 332 g/mol. The van der Waals surface area contributed by atoms with E-state index in [9.17, 15) is 0 Å². The van der Waals surface area contributed by atoms with Gasteiger partial charge in [0.15, 0.2) is 5.16 Å². The van der Waals surface area contributed by atoms with Crippen molar-refractivity contribution in [2.24, 2.45) is 0 Å². The van der Waals surface area contributed by atoms with Crippen molar-refractivity contribution in [1.29, 1.82) is 0 Å². The van der Waals surface area contributed by atoms with E-state index in [4.69, 9.17) is 16.3 Å². The molecule has 0 aliphatic carbocycles. The Morgan fingerprint density at radius 2 is 2.00 bits per heavy atom. The van der Waals surface area contributed by atoms with Crippen LogP contribution >= 0.6 is 23.4 Å². The molecule has 0 N–H and O–H groups in total. The summed E-state index contributed by atoms with van der Waals surface area (Å²) in [4.78, 5) is 0. The van der Waals surface area contributed by atoms with E-state index in [0.717, 1.165) is 27.4 Å². The molecule has 2 aromatic carbocycles. The van der Waals surface area contributed by atoms with Crippen LogP contribution in [-0.2, 0) is 5.75 Å². The molecule has 0 spiro atoms. The van der Waals surface area contributed by atoms with Gasteiger partial charge in [-0.2, -0.15) is 0 Å². The molecule has 0 fully saturated rings. The molecule has 3 aromatic rings. The van der Waals surface area contributed by atoms with Crippen molar-refractivity contribution in [3.8, 4) is 11.4 Å². The Kier molecular flexibility index (Phi) is 4.65. The highest BCUT2D eigenvalue weighted by Gasteiger charge is 2.08. The summed E-state index contributed by atoms with van der Waals surface area (Å²) in [5.41, 5.74) is 2.16. The number of methoxy groups -OCH3 is 1. The quantitative estimate of drug-likeness (QED) is 0.656. The summed E-state index contributed by atoms with van der Waals surface area (Å²) in [6, 6.07) is 15.6. The predicted octanol–water partition coefficient (Wildman–Crippen LogP) is 4.22. The van der Waals surface area contributed by atoms with Gasteiger partial charge in [0.05, 0.1) is 12.8 Å². The monoisotopic (exact) mass is 331 g/mol. The van der Waals surface area contributed by atoms with Gasteiger partial charge in [-0.05, 0) is 29.8 Å². The van der Waals surface area contributed by atoms with Gasteiger partial charge in [-0.25, -0.2) is 0 Å². The Bertz CT molecular complexity index is 758. The van der Waals surface area contributed by atoms with Crippen LogP contribution in [0.15, 0.2) is 60.0 Å². The zero-order chi connectivity index (χ0) is 15.4. The first-order chi connectivity index (χ1) is 10.8. The van der Waals surface area contributed by atoms with Crippen molar-refractivity contribution in [1.82, 2.24) is 14.8 Å². The first-order valence-corrected chi connectivity index (χ1v) is 8.04. The maximum atomic E-state index is 5.90. The molecular formula is C16H14ClN3OS. The minimum absolute atomic E-state index is 0.744. The number of nitrogens with zero attached hydrogens (tertiary/aromatic N) is 3. The van der Waals surface area contributed by atoms with Crippen molar-refractivity contribution in [2.45, 2.75) is 10.9 Å². The van der Waals surface area contributed by atoms with E-state index in [-0.39, 0.29) is 0 Å². The first-order valence-electron chi connectivity index (χ1n) is 6.68. The molecule has 22 heavy (non-hydrogen) atoms. The molecule has 0 atom stereocenters. The molecule has 6 heteroatoms. The molecule has 0 radical (unpaired) electrons. The third-order valence-electron chi connectivity index (χ3n) is 3.13. The summed E-state index contributed by atoms with van der Waals surface area (Å²) < 4.78 is 7.21. The molecule has 0 saturated carbocycles. The van der Waals surface area contributed by atoms with Gasteiger partial charge in [0.1, 0.15) is 12.1 Å². The Balaban J connectivity index is 1.78. The van der Waals surface area contributed by atoms with Crippen LogP contribution < -0.4 is 4.74 Å². The number of rotatable bonds is 5. The van der Waals surface area contributed by atoms with Gasteiger partial charge in [-0.1, -0.05) is 41.6 Å². The number of hydrogen-bond donors (Lipinski definition) is 0. The topological polar surface area (TPSA) is 39.9 Å². The van der Waals surface area contributed by atoms with Crippen molar-refractivity contribution < 1.29 is 4.74 Å². The fourth-order valence-electron chi connectivity index (χ4n) is 1.99. The van der Waals surface area contributed by atoms with E-state index in [2.05, 4.69) is 10.2 Å². The number of aromatic nitrogens is 3. The smallest absolute Gasteiger partial charge is 0.195 e. The van der Waals surface area contributed by atoms with Crippen molar-refractivity contribution >= 4 is 23.4 Å². The number of halogens is 1. The highest BCUT2D eigenvalue weighted by atomic mass is 35.5. The Morgan fingerprint density at radius 3 is 2.77 bits per heavy atom. The van der Waals surface area contributed by atoms with Crippen molar-refractivity contribution in [3.63, 3.8) is 0 Å². The third-order valence-corrected chi connectivity index (χ3v) is 4.40. The zero-order valence-corrected chi connectivity index (χ0v) is 13.5. The van der Waals surface area contributed by atoms with E-state index < -0.39 is 0 Å². The second-order valence-electron chi connectivity index (χ2n) is 4.60. The Hall–Kier alpha value is -1.98. The summed E-state index contributed by atoms with van der Waals surface area (Å²) in [7, 11) is 1.65. The van der Waals surface area contributed by atoms with E-state index in [1.165, 1.54) is 5.56 Å². The van der Waals surface area contributed by atoms with E-state index in [0.29, 0.717) is 0 Å². The number of hydrogen-bond acceptors (Lipinski definition) is 4. The minimum atomic E-state index is 0.744. The van der Waals surface area contributed by atoms with Gasteiger partial charge >= 0.3 is 0 Å².